The zero-order valence-electron chi connectivity index (χ0n) is 12.2. The van der Waals surface area contributed by atoms with Crippen LogP contribution in [0, 0.1) is 0 Å². The van der Waals surface area contributed by atoms with Crippen LogP contribution < -0.4 is 0 Å². The summed E-state index contributed by atoms with van der Waals surface area (Å²) < 4.78 is 11.6. The van der Waals surface area contributed by atoms with E-state index in [1.807, 2.05) is 0 Å². The molecular formula is C13H18N4O5. The summed E-state index contributed by atoms with van der Waals surface area (Å²) in [4.78, 5) is 24.1. The van der Waals surface area contributed by atoms with E-state index in [2.05, 4.69) is 16.9 Å². The first-order chi connectivity index (χ1) is 10.5. The second kappa shape index (κ2) is 7.03. The normalized spacial score (nSPS) is 20.9. The number of carbonyl (C=O) groups is 2. The maximum absolute atomic E-state index is 11.9. The van der Waals surface area contributed by atoms with Crippen molar-refractivity contribution in [2.24, 2.45) is 0 Å². The SMILES string of the molecule is C=CCOC(=O)N1C[C@@H](OC)[C@H](c2cn(CC(=O)O)nn2)C1. The van der Waals surface area contributed by atoms with Gasteiger partial charge in [0.1, 0.15) is 13.2 Å². The molecule has 0 spiro atoms. The molecule has 1 fully saturated rings. The predicted molar refractivity (Wildman–Crippen MR) is 74.3 cm³/mol. The molecule has 1 saturated heterocycles. The van der Waals surface area contributed by atoms with Crippen LogP contribution in [0.4, 0.5) is 4.79 Å². The molecule has 9 nitrogen and oxygen atoms in total. The van der Waals surface area contributed by atoms with Gasteiger partial charge in [0.15, 0.2) is 0 Å². The number of carboxylic acid groups (broad SMARTS) is 1. The monoisotopic (exact) mass is 310 g/mol. The van der Waals surface area contributed by atoms with E-state index in [9.17, 15) is 9.59 Å². The molecule has 22 heavy (non-hydrogen) atoms. The molecule has 1 amide bonds. The summed E-state index contributed by atoms with van der Waals surface area (Å²) in [5.41, 5.74) is 0.590. The summed E-state index contributed by atoms with van der Waals surface area (Å²) in [6.07, 6.45) is 2.37. The first-order valence-corrected chi connectivity index (χ1v) is 6.72. The Bertz CT molecular complexity index is 558. The highest BCUT2D eigenvalue weighted by Crippen LogP contribution is 2.28. The van der Waals surface area contributed by atoms with Crippen molar-refractivity contribution >= 4 is 12.1 Å². The Kier molecular flexibility index (Phi) is 5.10. The Morgan fingerprint density at radius 1 is 1.55 bits per heavy atom. The minimum Gasteiger partial charge on any atom is -0.480 e. The average Bonchev–Trinajstić information content (AvgIpc) is 3.10. The molecule has 9 heteroatoms. The van der Waals surface area contributed by atoms with Gasteiger partial charge in [0.25, 0.3) is 0 Å². The van der Waals surface area contributed by atoms with Crippen molar-refractivity contribution in [3.63, 3.8) is 0 Å². The number of ether oxygens (including phenoxy) is 2. The molecule has 0 radical (unpaired) electrons. The van der Waals surface area contributed by atoms with Crippen molar-refractivity contribution in [2.45, 2.75) is 18.6 Å². The van der Waals surface area contributed by atoms with Gasteiger partial charge in [-0.1, -0.05) is 17.9 Å². The number of aliphatic carboxylic acids is 1. The lowest BCUT2D eigenvalue weighted by Gasteiger charge is -2.14. The third kappa shape index (κ3) is 3.61. The van der Waals surface area contributed by atoms with Crippen molar-refractivity contribution in [3.05, 3.63) is 24.5 Å². The summed E-state index contributed by atoms with van der Waals surface area (Å²) in [7, 11) is 1.55. The van der Waals surface area contributed by atoms with Gasteiger partial charge in [-0.05, 0) is 0 Å². The lowest BCUT2D eigenvalue weighted by Crippen LogP contribution is -2.30. The van der Waals surface area contributed by atoms with Crippen molar-refractivity contribution in [1.82, 2.24) is 19.9 Å². The lowest BCUT2D eigenvalue weighted by molar-refractivity contribution is -0.137. The number of rotatable bonds is 6. The van der Waals surface area contributed by atoms with E-state index in [4.69, 9.17) is 14.6 Å². The third-order valence-electron chi connectivity index (χ3n) is 3.39. The number of aromatic nitrogens is 3. The molecule has 0 aliphatic carbocycles. The van der Waals surface area contributed by atoms with Gasteiger partial charge in [-0.15, -0.1) is 5.10 Å². The predicted octanol–water partition coefficient (Wildman–Crippen LogP) is 0.0995. The number of carbonyl (C=O) groups excluding carboxylic acids is 1. The zero-order valence-corrected chi connectivity index (χ0v) is 12.2. The Balaban J connectivity index is 2.06. The van der Waals surface area contributed by atoms with Gasteiger partial charge in [-0.3, -0.25) is 4.79 Å². The van der Waals surface area contributed by atoms with Crippen LogP contribution >= 0.6 is 0 Å². The van der Waals surface area contributed by atoms with E-state index in [1.54, 1.807) is 13.3 Å². The van der Waals surface area contributed by atoms with Crippen LogP contribution in [0.3, 0.4) is 0 Å². The second-order valence-electron chi connectivity index (χ2n) is 4.89. The molecule has 2 atom stereocenters. The highest BCUT2D eigenvalue weighted by molar-refractivity contribution is 5.68. The van der Waals surface area contributed by atoms with E-state index in [0.717, 1.165) is 0 Å². The van der Waals surface area contributed by atoms with Crippen LogP contribution in [0.25, 0.3) is 0 Å². The molecule has 120 valence electrons. The smallest absolute Gasteiger partial charge is 0.410 e. The van der Waals surface area contributed by atoms with E-state index in [1.165, 1.54) is 15.7 Å². The number of carboxylic acids is 1. The fourth-order valence-electron chi connectivity index (χ4n) is 2.37. The second-order valence-corrected chi connectivity index (χ2v) is 4.89. The number of nitrogens with zero attached hydrogens (tertiary/aromatic N) is 4. The molecule has 0 bridgehead atoms. The van der Waals surface area contributed by atoms with Crippen molar-refractivity contribution in [3.8, 4) is 0 Å². The van der Waals surface area contributed by atoms with Crippen LogP contribution in [0.1, 0.15) is 11.6 Å². The standard InChI is InChI=1S/C13H18N4O5/c1-3-4-22-13(20)16-5-9(11(7-16)21-2)10-6-17(15-14-10)8-12(18)19/h3,6,9,11H,1,4-5,7-8H2,2H3,(H,18,19)/t9-,11+/m0/s1. The first kappa shape index (κ1) is 16.0. The molecule has 1 aromatic heterocycles. The van der Waals surface area contributed by atoms with Crippen LogP contribution in [0.15, 0.2) is 18.9 Å². The Hall–Kier alpha value is -2.42. The van der Waals surface area contributed by atoms with E-state index < -0.39 is 12.1 Å². The van der Waals surface area contributed by atoms with Crippen molar-refractivity contribution in [1.29, 1.82) is 0 Å². The summed E-state index contributed by atoms with van der Waals surface area (Å²) in [6, 6.07) is 0. The fraction of sp³-hybridized carbons (Fsp3) is 0.538. The summed E-state index contributed by atoms with van der Waals surface area (Å²) in [5, 5.41) is 16.5. The largest absolute Gasteiger partial charge is 0.480 e. The van der Waals surface area contributed by atoms with Gasteiger partial charge in [-0.25, -0.2) is 9.48 Å². The van der Waals surface area contributed by atoms with Gasteiger partial charge in [-0.2, -0.15) is 0 Å². The Morgan fingerprint density at radius 2 is 2.32 bits per heavy atom. The number of likely N-dealkylation sites (tertiary alicyclic amines) is 1. The number of amides is 1. The molecule has 2 heterocycles. The third-order valence-corrected chi connectivity index (χ3v) is 3.39. The summed E-state index contributed by atoms with van der Waals surface area (Å²) in [5.74, 6) is -1.18. The molecule has 1 aliphatic heterocycles. The maximum atomic E-state index is 11.9. The molecule has 2 rings (SSSR count). The topological polar surface area (TPSA) is 107 Å². The number of methoxy groups -OCH3 is 1. The fourth-order valence-corrected chi connectivity index (χ4v) is 2.37. The quantitative estimate of drug-likeness (QED) is 0.742. The molecular weight excluding hydrogens is 292 g/mol. The van der Waals surface area contributed by atoms with E-state index in [-0.39, 0.29) is 25.2 Å². The highest BCUT2D eigenvalue weighted by Gasteiger charge is 2.38. The van der Waals surface area contributed by atoms with Gasteiger partial charge in [0.2, 0.25) is 0 Å². The van der Waals surface area contributed by atoms with Gasteiger partial charge in [0.05, 0.1) is 24.3 Å². The zero-order chi connectivity index (χ0) is 16.1. The molecule has 0 saturated carbocycles. The molecule has 0 aromatic carbocycles. The highest BCUT2D eigenvalue weighted by atomic mass is 16.6. The van der Waals surface area contributed by atoms with E-state index >= 15 is 0 Å². The number of hydrogen-bond donors (Lipinski definition) is 1. The molecule has 1 aromatic rings. The van der Waals surface area contributed by atoms with Crippen molar-refractivity contribution in [2.75, 3.05) is 26.8 Å². The van der Waals surface area contributed by atoms with Crippen molar-refractivity contribution < 1.29 is 24.2 Å². The minimum absolute atomic E-state index is 0.145. The Labute approximate surface area is 127 Å². The van der Waals surface area contributed by atoms with Crippen LogP contribution in [0.2, 0.25) is 0 Å². The van der Waals surface area contributed by atoms with Crippen LogP contribution in [-0.4, -0.2) is 70.0 Å². The van der Waals surface area contributed by atoms with Crippen LogP contribution in [0.5, 0.6) is 0 Å². The average molecular weight is 310 g/mol. The van der Waals surface area contributed by atoms with E-state index in [0.29, 0.717) is 18.8 Å². The molecule has 1 N–H and O–H groups in total. The molecule has 1 aliphatic rings. The lowest BCUT2D eigenvalue weighted by atomic mass is 10.0. The summed E-state index contributed by atoms with van der Waals surface area (Å²) >= 11 is 0. The summed E-state index contributed by atoms with van der Waals surface area (Å²) in [6.45, 7) is 4.13. The number of hydrogen-bond acceptors (Lipinski definition) is 6. The van der Waals surface area contributed by atoms with Gasteiger partial charge in [0, 0.05) is 19.9 Å². The first-order valence-electron chi connectivity index (χ1n) is 6.72. The Morgan fingerprint density at radius 3 is 2.95 bits per heavy atom. The van der Waals surface area contributed by atoms with Gasteiger partial charge < -0.3 is 19.5 Å². The minimum atomic E-state index is -0.999. The molecule has 0 unspecified atom stereocenters. The van der Waals surface area contributed by atoms with Gasteiger partial charge >= 0.3 is 12.1 Å². The maximum Gasteiger partial charge on any atom is 0.410 e. The van der Waals surface area contributed by atoms with Crippen LogP contribution in [-0.2, 0) is 20.8 Å².